The van der Waals surface area contributed by atoms with E-state index in [1.807, 2.05) is 18.2 Å². The molecule has 4 N–H and O–H groups in total. The van der Waals surface area contributed by atoms with Crippen LogP contribution in [0, 0.1) is 0 Å². The molecule has 0 fully saturated rings. The van der Waals surface area contributed by atoms with Crippen molar-refractivity contribution in [3.8, 4) is 0 Å². The van der Waals surface area contributed by atoms with E-state index in [2.05, 4.69) is 85.2 Å². The van der Waals surface area contributed by atoms with Crippen LogP contribution in [0.3, 0.4) is 0 Å². The van der Waals surface area contributed by atoms with Crippen LogP contribution in [0.5, 0.6) is 0 Å². The van der Waals surface area contributed by atoms with Gasteiger partial charge in [-0.05, 0) is 77.0 Å². The number of hydrogen-bond acceptors (Lipinski definition) is 9. The van der Waals surface area contributed by atoms with Gasteiger partial charge in [0, 0.05) is 12.8 Å². The zero-order chi connectivity index (χ0) is 47.0. The first-order valence-electron chi connectivity index (χ1n) is 24.6. The first-order valence-corrected chi connectivity index (χ1v) is 26.1. The number of carbonyl (C=O) groups is 3. The quantitative estimate of drug-likeness (QED) is 0.0230. The smallest absolute Gasteiger partial charge is 0.472 e. The summed E-state index contributed by atoms with van der Waals surface area (Å²) in [6, 6.07) is -1.54. The first kappa shape index (κ1) is 60.7. The molecule has 0 aliphatic carbocycles. The molecule has 1 unspecified atom stereocenters. The van der Waals surface area contributed by atoms with Crippen molar-refractivity contribution >= 4 is 25.7 Å². The number of esters is 2. The summed E-state index contributed by atoms with van der Waals surface area (Å²) >= 11 is 0. The van der Waals surface area contributed by atoms with Crippen LogP contribution in [0.1, 0.15) is 194 Å². The Kier molecular flexibility index (Phi) is 43.8. The Morgan fingerprint density at radius 3 is 1.38 bits per heavy atom. The van der Waals surface area contributed by atoms with Crippen molar-refractivity contribution in [2.24, 2.45) is 5.73 Å². The zero-order valence-corrected chi connectivity index (χ0v) is 40.7. The number of allylic oxidation sites excluding steroid dienone is 14. The Labute approximate surface area is 388 Å². The van der Waals surface area contributed by atoms with Gasteiger partial charge in [-0.3, -0.25) is 23.4 Å². The first-order chi connectivity index (χ1) is 31.1. The third-order valence-electron chi connectivity index (χ3n) is 10.1. The van der Waals surface area contributed by atoms with Gasteiger partial charge in [0.05, 0.1) is 13.2 Å². The molecule has 0 aromatic carbocycles. The SMILES string of the molecule is CC/C=C\C/C=C\C/C=C\C/C=C\C/C=C\C/C=C\CCC(=O)O[C@H](COC(=O)CCCCCCCCCCCCC/C=C\CCCCCCCC)COP(=O)(O)OC[C@H](N)C(=O)O. The molecule has 0 saturated heterocycles. The number of carboxylic acids is 1. The lowest BCUT2D eigenvalue weighted by atomic mass is 10.0. The molecular weight excluding hydrogens is 830 g/mol. The molecule has 0 saturated carbocycles. The topological polar surface area (TPSA) is 172 Å². The minimum absolute atomic E-state index is 0.0324. The van der Waals surface area contributed by atoms with Crippen molar-refractivity contribution in [3.63, 3.8) is 0 Å². The second kappa shape index (κ2) is 46.2. The van der Waals surface area contributed by atoms with Gasteiger partial charge in [0.1, 0.15) is 12.6 Å². The molecule has 0 heterocycles. The second-order valence-electron chi connectivity index (χ2n) is 16.2. The summed E-state index contributed by atoms with van der Waals surface area (Å²) < 4.78 is 32.7. The van der Waals surface area contributed by atoms with Crippen LogP contribution in [-0.4, -0.2) is 59.9 Å². The highest BCUT2D eigenvalue weighted by Gasteiger charge is 2.28. The standard InChI is InChI=1S/C52H88NO10P/c1-3-5-7-9-11-13-15-17-19-21-23-24-26-27-29-31-33-35-37-39-41-43-50(54)60-45-48(46-61-64(58,59)62-47-49(53)52(56)57)63-51(55)44-42-40-38-36-34-32-30-28-25-22-20-18-16-14-12-10-8-6-4-2/h6,8,12,14,17-20,25,28,32,34,38,40,48-49H,3-5,7,9-11,13,15-16,21-24,26-27,29-31,33,35-37,39,41-47,53H2,1-2H3,(H,56,57)(H,58,59)/b8-6-,14-12-,19-17-,20-18-,28-25-,34-32-,40-38-/t48-,49+/m1/s1. The van der Waals surface area contributed by atoms with Crippen molar-refractivity contribution < 1.29 is 47.5 Å². The summed E-state index contributed by atoms with van der Waals surface area (Å²) in [4.78, 5) is 46.1. The van der Waals surface area contributed by atoms with Gasteiger partial charge in [0.2, 0.25) is 0 Å². The third-order valence-corrected chi connectivity index (χ3v) is 11.1. The molecule has 11 nitrogen and oxygen atoms in total. The van der Waals surface area contributed by atoms with Gasteiger partial charge in [0.15, 0.2) is 6.10 Å². The van der Waals surface area contributed by atoms with E-state index in [0.717, 1.165) is 51.4 Å². The number of aliphatic carboxylic acids is 1. The van der Waals surface area contributed by atoms with Gasteiger partial charge in [-0.15, -0.1) is 0 Å². The molecule has 0 aromatic rings. The summed E-state index contributed by atoms with van der Waals surface area (Å²) in [7, 11) is -4.75. The van der Waals surface area contributed by atoms with Crippen LogP contribution in [0.2, 0.25) is 0 Å². The number of hydrogen-bond donors (Lipinski definition) is 3. The molecule has 0 spiro atoms. The van der Waals surface area contributed by atoms with Gasteiger partial charge in [-0.2, -0.15) is 0 Å². The summed E-state index contributed by atoms with van der Waals surface area (Å²) in [5.74, 6) is -2.49. The number of carbonyl (C=O) groups excluding carboxylic acids is 2. The lowest BCUT2D eigenvalue weighted by Gasteiger charge is -2.20. The molecule has 12 heteroatoms. The van der Waals surface area contributed by atoms with Crippen LogP contribution in [0.25, 0.3) is 0 Å². The average Bonchev–Trinajstić information content (AvgIpc) is 3.27. The minimum atomic E-state index is -4.75. The van der Waals surface area contributed by atoms with Crippen LogP contribution < -0.4 is 5.73 Å². The van der Waals surface area contributed by atoms with Gasteiger partial charge in [0.25, 0.3) is 0 Å². The number of unbranched alkanes of at least 4 members (excludes halogenated alkanes) is 17. The Balaban J connectivity index is 4.38. The Bertz CT molecular complexity index is 1400. The maximum atomic E-state index is 12.6. The fraction of sp³-hybridized carbons (Fsp3) is 0.673. The number of phosphoric ester groups is 1. The predicted molar refractivity (Wildman–Crippen MR) is 263 cm³/mol. The number of rotatable bonds is 45. The molecule has 3 atom stereocenters. The van der Waals surface area contributed by atoms with Gasteiger partial charge >= 0.3 is 25.7 Å². The molecule has 366 valence electrons. The van der Waals surface area contributed by atoms with Crippen LogP contribution >= 0.6 is 7.82 Å². The summed E-state index contributed by atoms with van der Waals surface area (Å²) in [5, 5.41) is 8.91. The van der Waals surface area contributed by atoms with E-state index in [1.165, 1.54) is 96.3 Å². The fourth-order valence-corrected chi connectivity index (χ4v) is 7.10. The van der Waals surface area contributed by atoms with E-state index in [-0.39, 0.29) is 19.4 Å². The lowest BCUT2D eigenvalue weighted by molar-refractivity contribution is -0.161. The van der Waals surface area contributed by atoms with Crippen LogP contribution in [0.4, 0.5) is 0 Å². The Hall–Kier alpha value is -3.34. The summed E-state index contributed by atoms with van der Waals surface area (Å²) in [6.45, 7) is 2.62. The number of ether oxygens (including phenoxy) is 2. The van der Waals surface area contributed by atoms with Gasteiger partial charge < -0.3 is 25.2 Å². The summed E-state index contributed by atoms with van der Waals surface area (Å²) in [5.41, 5.74) is 5.34. The molecular formula is C52H88NO10P. The lowest BCUT2D eigenvalue weighted by Crippen LogP contribution is -2.34. The minimum Gasteiger partial charge on any atom is -0.480 e. The number of carboxylic acid groups (broad SMARTS) is 1. The van der Waals surface area contributed by atoms with Gasteiger partial charge in [-0.25, -0.2) is 4.57 Å². The average molecular weight is 918 g/mol. The molecule has 0 aromatic heterocycles. The van der Waals surface area contributed by atoms with E-state index in [4.69, 9.17) is 24.8 Å². The highest BCUT2D eigenvalue weighted by molar-refractivity contribution is 7.47. The highest BCUT2D eigenvalue weighted by atomic mass is 31.2. The normalized spacial score (nSPS) is 14.3. The number of nitrogens with two attached hydrogens (primary N) is 1. The van der Waals surface area contributed by atoms with Crippen molar-refractivity contribution in [2.45, 2.75) is 206 Å². The molecule has 0 amide bonds. The molecule has 64 heavy (non-hydrogen) atoms. The maximum Gasteiger partial charge on any atom is 0.472 e. The van der Waals surface area contributed by atoms with Crippen LogP contribution in [-0.2, 0) is 37.5 Å². The summed E-state index contributed by atoms with van der Waals surface area (Å²) in [6.07, 6.45) is 58.1. The predicted octanol–water partition coefficient (Wildman–Crippen LogP) is 13.8. The Morgan fingerprint density at radius 2 is 0.906 bits per heavy atom. The molecule has 0 aliphatic heterocycles. The van der Waals surface area contributed by atoms with Crippen molar-refractivity contribution in [2.75, 3.05) is 19.8 Å². The molecule has 0 radical (unpaired) electrons. The number of phosphoric acid groups is 1. The van der Waals surface area contributed by atoms with E-state index in [1.54, 1.807) is 0 Å². The highest BCUT2D eigenvalue weighted by Crippen LogP contribution is 2.43. The Morgan fingerprint density at radius 1 is 0.500 bits per heavy atom. The molecule has 0 rings (SSSR count). The fourth-order valence-electron chi connectivity index (χ4n) is 6.32. The largest absolute Gasteiger partial charge is 0.480 e. The maximum absolute atomic E-state index is 12.6. The van der Waals surface area contributed by atoms with Crippen molar-refractivity contribution in [1.29, 1.82) is 0 Å². The van der Waals surface area contributed by atoms with Crippen molar-refractivity contribution in [3.05, 3.63) is 85.1 Å². The monoisotopic (exact) mass is 918 g/mol. The second-order valence-corrected chi connectivity index (χ2v) is 17.7. The molecule has 0 bridgehead atoms. The van der Waals surface area contributed by atoms with Crippen LogP contribution in [0.15, 0.2) is 85.1 Å². The van der Waals surface area contributed by atoms with E-state index in [9.17, 15) is 23.8 Å². The van der Waals surface area contributed by atoms with E-state index < -0.39 is 51.1 Å². The van der Waals surface area contributed by atoms with Crippen molar-refractivity contribution in [1.82, 2.24) is 0 Å². The molecule has 0 aliphatic rings. The van der Waals surface area contributed by atoms with Gasteiger partial charge in [-0.1, -0.05) is 189 Å². The van der Waals surface area contributed by atoms with E-state index >= 15 is 0 Å². The zero-order valence-electron chi connectivity index (χ0n) is 39.8. The van der Waals surface area contributed by atoms with E-state index in [0.29, 0.717) is 19.3 Å². The third kappa shape index (κ3) is 45.2.